The van der Waals surface area contributed by atoms with Gasteiger partial charge in [0, 0.05) is 35.9 Å². The minimum absolute atomic E-state index is 0.0497. The van der Waals surface area contributed by atoms with Crippen molar-refractivity contribution in [1.82, 2.24) is 5.27 Å². The lowest BCUT2D eigenvalue weighted by molar-refractivity contribution is -0.668. The molecule has 7 nitrogen and oxygen atoms in total. The highest BCUT2D eigenvalue weighted by atomic mass is 35.5. The van der Waals surface area contributed by atoms with E-state index in [0.717, 1.165) is 0 Å². The molecule has 2 aromatic rings. The number of nitrogens with zero attached hydrogens (tertiary/aromatic N) is 2. The molecule has 0 amide bonds. The summed E-state index contributed by atoms with van der Waals surface area (Å²) in [4.78, 5) is 20.8. The maximum absolute atomic E-state index is 10.9. The van der Waals surface area contributed by atoms with Gasteiger partial charge in [0.1, 0.15) is 0 Å². The molecule has 0 aliphatic carbocycles. The SMILES string of the molecule is O=c1o[nH][n+](-c2ccc([N+](=O)[O-])cc2)c1Cl. The van der Waals surface area contributed by atoms with Gasteiger partial charge in [-0.15, -0.1) is 0 Å². The zero-order valence-corrected chi connectivity index (χ0v) is 8.47. The Hall–Kier alpha value is -2.15. The normalized spacial score (nSPS) is 10.3. The summed E-state index contributed by atoms with van der Waals surface area (Å²) >= 11 is 5.64. The van der Waals surface area contributed by atoms with Crippen LogP contribution in [0.25, 0.3) is 5.69 Å². The fourth-order valence-corrected chi connectivity index (χ4v) is 1.32. The van der Waals surface area contributed by atoms with Crippen LogP contribution in [0.4, 0.5) is 5.69 Å². The van der Waals surface area contributed by atoms with Crippen molar-refractivity contribution >= 4 is 17.3 Å². The van der Waals surface area contributed by atoms with Crippen LogP contribution in [0, 0.1) is 10.1 Å². The smallest absolute Gasteiger partial charge is 0.281 e. The van der Waals surface area contributed by atoms with Gasteiger partial charge in [-0.2, -0.15) is 0 Å². The quantitative estimate of drug-likeness (QED) is 0.479. The van der Waals surface area contributed by atoms with E-state index in [-0.39, 0.29) is 10.8 Å². The van der Waals surface area contributed by atoms with E-state index >= 15 is 0 Å². The van der Waals surface area contributed by atoms with Crippen LogP contribution in [-0.2, 0) is 0 Å². The third-order valence-corrected chi connectivity index (χ3v) is 2.24. The Bertz CT molecular complexity index is 586. The van der Waals surface area contributed by atoms with Gasteiger partial charge in [-0.3, -0.25) is 14.6 Å². The molecule has 8 heteroatoms. The number of nitrogens with one attached hydrogen (secondary N) is 1. The zero-order chi connectivity index (χ0) is 11.7. The molecule has 82 valence electrons. The molecule has 0 aliphatic rings. The van der Waals surface area contributed by atoms with Crippen molar-refractivity contribution in [3.63, 3.8) is 0 Å². The molecule has 1 aromatic carbocycles. The Morgan fingerprint density at radius 2 is 2.00 bits per heavy atom. The predicted molar refractivity (Wildman–Crippen MR) is 52.5 cm³/mol. The number of nitro groups is 1. The van der Waals surface area contributed by atoms with Gasteiger partial charge in [0.15, 0.2) is 0 Å². The van der Waals surface area contributed by atoms with Crippen LogP contribution in [0.5, 0.6) is 0 Å². The van der Waals surface area contributed by atoms with E-state index in [0.29, 0.717) is 5.69 Å². The second-order valence-electron chi connectivity index (χ2n) is 2.88. The summed E-state index contributed by atoms with van der Waals surface area (Å²) < 4.78 is 5.62. The molecule has 0 saturated heterocycles. The third kappa shape index (κ3) is 1.68. The first-order valence-corrected chi connectivity index (χ1v) is 4.51. The van der Waals surface area contributed by atoms with Crippen LogP contribution in [0.1, 0.15) is 0 Å². The lowest BCUT2D eigenvalue weighted by Crippen LogP contribution is -2.34. The van der Waals surface area contributed by atoms with Crippen LogP contribution < -0.4 is 10.3 Å². The first kappa shape index (κ1) is 10.4. The monoisotopic (exact) mass is 242 g/mol. The minimum atomic E-state index is -0.708. The van der Waals surface area contributed by atoms with E-state index in [1.807, 2.05) is 0 Å². The summed E-state index contributed by atoms with van der Waals surface area (Å²) in [5, 5.41) is 12.5. The molecular weight excluding hydrogens is 238 g/mol. The fraction of sp³-hybridized carbons (Fsp3) is 0. The standard InChI is InChI=1S/C8H4ClN3O4/c9-7-8(13)16-10-11(7)5-1-3-6(4-2-5)12(14)15/h1-4H/p+1. The van der Waals surface area contributed by atoms with Crippen molar-refractivity contribution in [1.29, 1.82) is 0 Å². The molecule has 0 bridgehead atoms. The second-order valence-corrected chi connectivity index (χ2v) is 3.24. The summed E-state index contributed by atoms with van der Waals surface area (Å²) in [5.41, 5.74) is -0.298. The average molecular weight is 243 g/mol. The van der Waals surface area contributed by atoms with Gasteiger partial charge < -0.3 is 0 Å². The average Bonchev–Trinajstić information content (AvgIpc) is 2.60. The molecule has 1 N–H and O–H groups in total. The number of nitro benzene ring substituents is 1. The number of H-pyrrole nitrogens is 1. The Labute approximate surface area is 93.0 Å². The number of rotatable bonds is 2. The Morgan fingerprint density at radius 3 is 2.44 bits per heavy atom. The van der Waals surface area contributed by atoms with Crippen LogP contribution >= 0.6 is 11.6 Å². The van der Waals surface area contributed by atoms with Gasteiger partial charge in [-0.05, 0) is 9.95 Å². The number of benzene rings is 1. The van der Waals surface area contributed by atoms with Crippen LogP contribution in [-0.4, -0.2) is 10.2 Å². The lowest BCUT2D eigenvalue weighted by atomic mass is 10.3. The van der Waals surface area contributed by atoms with E-state index in [1.165, 1.54) is 28.9 Å². The number of non-ortho nitro benzene ring substituents is 1. The third-order valence-electron chi connectivity index (χ3n) is 1.91. The van der Waals surface area contributed by atoms with Crippen molar-refractivity contribution in [3.8, 4) is 5.69 Å². The summed E-state index contributed by atoms with van der Waals surface area (Å²) in [5.74, 6) is 0. The summed E-state index contributed by atoms with van der Waals surface area (Å²) in [6, 6.07) is 5.47. The van der Waals surface area contributed by atoms with Crippen molar-refractivity contribution in [2.75, 3.05) is 0 Å². The van der Waals surface area contributed by atoms with Gasteiger partial charge in [0.2, 0.25) is 5.69 Å². The molecule has 0 aliphatic heterocycles. The van der Waals surface area contributed by atoms with E-state index in [9.17, 15) is 14.9 Å². The Balaban J connectivity index is 2.46. The topological polar surface area (TPSA) is 93.0 Å². The maximum Gasteiger partial charge on any atom is 0.447 e. The van der Waals surface area contributed by atoms with Crippen molar-refractivity contribution < 1.29 is 14.1 Å². The van der Waals surface area contributed by atoms with Gasteiger partial charge in [0.05, 0.1) is 4.92 Å². The van der Waals surface area contributed by atoms with Crippen LogP contribution in [0.15, 0.2) is 33.6 Å². The number of aromatic amines is 1. The zero-order valence-electron chi connectivity index (χ0n) is 7.71. The molecule has 0 unspecified atom stereocenters. The first-order valence-electron chi connectivity index (χ1n) is 4.13. The summed E-state index contributed by atoms with van der Waals surface area (Å²) in [6.07, 6.45) is 0. The van der Waals surface area contributed by atoms with Crippen LogP contribution in [0.2, 0.25) is 5.15 Å². The fourth-order valence-electron chi connectivity index (χ4n) is 1.15. The molecule has 1 aromatic heterocycles. The van der Waals surface area contributed by atoms with Gasteiger partial charge in [0.25, 0.3) is 5.69 Å². The second kappa shape index (κ2) is 3.78. The Kier molecular flexibility index (Phi) is 2.45. The highest BCUT2D eigenvalue weighted by Gasteiger charge is 2.21. The van der Waals surface area contributed by atoms with Gasteiger partial charge >= 0.3 is 10.8 Å². The van der Waals surface area contributed by atoms with Crippen molar-refractivity contribution in [2.24, 2.45) is 0 Å². The highest BCUT2D eigenvalue weighted by molar-refractivity contribution is 6.28. The van der Waals surface area contributed by atoms with E-state index in [2.05, 4.69) is 9.79 Å². The van der Waals surface area contributed by atoms with Crippen molar-refractivity contribution in [3.05, 3.63) is 50.0 Å². The number of aromatic nitrogens is 2. The molecule has 16 heavy (non-hydrogen) atoms. The lowest BCUT2D eigenvalue weighted by Gasteiger charge is -1.90. The summed E-state index contributed by atoms with van der Waals surface area (Å²) in [7, 11) is 0. The molecule has 0 atom stereocenters. The van der Waals surface area contributed by atoms with Gasteiger partial charge in [-0.1, -0.05) is 0 Å². The van der Waals surface area contributed by atoms with Crippen molar-refractivity contribution in [2.45, 2.75) is 0 Å². The van der Waals surface area contributed by atoms with E-state index in [1.54, 1.807) is 0 Å². The highest BCUT2D eigenvalue weighted by Crippen LogP contribution is 2.12. The minimum Gasteiger partial charge on any atom is -0.281 e. The largest absolute Gasteiger partial charge is 0.447 e. The maximum atomic E-state index is 10.9. The molecule has 0 fully saturated rings. The molecule has 1 heterocycles. The first-order chi connectivity index (χ1) is 7.59. The van der Waals surface area contributed by atoms with E-state index in [4.69, 9.17) is 11.6 Å². The number of hydrogen-bond donors (Lipinski definition) is 1. The molecule has 2 rings (SSSR count). The van der Waals surface area contributed by atoms with Gasteiger partial charge in [-0.25, -0.2) is 4.79 Å². The summed E-state index contributed by atoms with van der Waals surface area (Å²) in [6.45, 7) is 0. The van der Waals surface area contributed by atoms with Crippen LogP contribution in [0.3, 0.4) is 0 Å². The molecule has 0 radical (unpaired) electrons. The molecular formula is C8H5ClN3O4+. The molecule has 0 spiro atoms. The number of halogens is 1. The van der Waals surface area contributed by atoms with E-state index < -0.39 is 10.5 Å². The molecule has 0 saturated carbocycles. The Morgan fingerprint density at radius 1 is 1.38 bits per heavy atom. The predicted octanol–water partition coefficient (Wildman–Crippen LogP) is 0.806. The number of hydrogen-bond acceptors (Lipinski definition) is 4.